The van der Waals surface area contributed by atoms with Crippen molar-refractivity contribution in [3.05, 3.63) is 89.0 Å². The summed E-state index contributed by atoms with van der Waals surface area (Å²) >= 11 is 1.48. The standard InChI is InChI=1S/C25H26N2O2S/c1-16-9-10-18(3)23(15-16)27-24(28)19(4)30-21-13-11-20(12-14-21)26-25(29)22-8-6-5-7-17(22)2/h5-15,19H,1-4H3,(H,26,29)(H,27,28). The maximum absolute atomic E-state index is 12.6. The minimum absolute atomic E-state index is 0.0365. The highest BCUT2D eigenvalue weighted by Crippen LogP contribution is 2.26. The lowest BCUT2D eigenvalue weighted by Crippen LogP contribution is -2.22. The van der Waals surface area contributed by atoms with Gasteiger partial charge in [-0.3, -0.25) is 9.59 Å². The predicted molar refractivity (Wildman–Crippen MR) is 125 cm³/mol. The molecule has 1 unspecified atom stereocenters. The van der Waals surface area contributed by atoms with E-state index in [0.717, 1.165) is 33.0 Å². The topological polar surface area (TPSA) is 58.2 Å². The summed E-state index contributed by atoms with van der Waals surface area (Å²) in [5.41, 5.74) is 5.32. The van der Waals surface area contributed by atoms with Crippen molar-refractivity contribution >= 4 is 35.0 Å². The molecule has 3 rings (SSSR count). The molecule has 154 valence electrons. The maximum Gasteiger partial charge on any atom is 0.255 e. The molecule has 2 amide bonds. The van der Waals surface area contributed by atoms with Crippen LogP contribution >= 0.6 is 11.8 Å². The van der Waals surface area contributed by atoms with E-state index < -0.39 is 0 Å². The Kier molecular flexibility index (Phi) is 6.95. The van der Waals surface area contributed by atoms with Gasteiger partial charge in [0.25, 0.3) is 5.91 Å². The summed E-state index contributed by atoms with van der Waals surface area (Å²) in [5, 5.41) is 5.68. The van der Waals surface area contributed by atoms with E-state index in [0.29, 0.717) is 5.56 Å². The minimum Gasteiger partial charge on any atom is -0.325 e. The number of anilines is 2. The number of carbonyl (C=O) groups is 2. The Morgan fingerprint density at radius 2 is 1.53 bits per heavy atom. The molecule has 2 N–H and O–H groups in total. The Hall–Kier alpha value is -3.05. The van der Waals surface area contributed by atoms with Crippen molar-refractivity contribution in [3.8, 4) is 0 Å². The number of rotatable bonds is 6. The SMILES string of the molecule is Cc1ccc(C)c(NC(=O)C(C)Sc2ccc(NC(=O)c3ccccc3C)cc2)c1. The second-order valence-electron chi connectivity index (χ2n) is 7.36. The zero-order chi connectivity index (χ0) is 21.7. The number of aryl methyl sites for hydroxylation is 3. The first-order valence-corrected chi connectivity index (χ1v) is 10.7. The van der Waals surface area contributed by atoms with Gasteiger partial charge in [-0.25, -0.2) is 0 Å². The quantitative estimate of drug-likeness (QED) is 0.484. The fraction of sp³-hybridized carbons (Fsp3) is 0.200. The summed E-state index contributed by atoms with van der Waals surface area (Å²) in [6.07, 6.45) is 0. The third kappa shape index (κ3) is 5.51. The molecule has 0 aliphatic heterocycles. The number of nitrogens with one attached hydrogen (secondary N) is 2. The molecule has 4 nitrogen and oxygen atoms in total. The molecule has 0 aliphatic rings. The normalized spacial score (nSPS) is 11.6. The van der Waals surface area contributed by atoms with Crippen LogP contribution in [0.15, 0.2) is 71.6 Å². The van der Waals surface area contributed by atoms with E-state index in [9.17, 15) is 9.59 Å². The van der Waals surface area contributed by atoms with Crippen molar-refractivity contribution in [1.82, 2.24) is 0 Å². The van der Waals surface area contributed by atoms with Gasteiger partial charge < -0.3 is 10.6 Å². The molecule has 30 heavy (non-hydrogen) atoms. The van der Waals surface area contributed by atoms with Gasteiger partial charge in [0.2, 0.25) is 5.91 Å². The molecule has 0 aliphatic carbocycles. The van der Waals surface area contributed by atoms with Gasteiger partial charge in [0.05, 0.1) is 5.25 Å². The molecule has 1 atom stereocenters. The van der Waals surface area contributed by atoms with Crippen LogP contribution in [0.2, 0.25) is 0 Å². The number of hydrogen-bond donors (Lipinski definition) is 2. The van der Waals surface area contributed by atoms with E-state index >= 15 is 0 Å². The summed E-state index contributed by atoms with van der Waals surface area (Å²) < 4.78 is 0. The van der Waals surface area contributed by atoms with Crippen LogP contribution in [0.4, 0.5) is 11.4 Å². The highest BCUT2D eigenvalue weighted by molar-refractivity contribution is 8.00. The van der Waals surface area contributed by atoms with Gasteiger partial charge in [-0.05, 0) is 80.8 Å². The zero-order valence-corrected chi connectivity index (χ0v) is 18.5. The molecule has 0 spiro atoms. The van der Waals surface area contributed by atoms with E-state index in [1.807, 2.05) is 94.4 Å². The Labute approximate surface area is 182 Å². The minimum atomic E-state index is -0.252. The lowest BCUT2D eigenvalue weighted by molar-refractivity contribution is -0.115. The smallest absolute Gasteiger partial charge is 0.255 e. The van der Waals surface area contributed by atoms with Crippen molar-refractivity contribution in [2.24, 2.45) is 0 Å². The van der Waals surface area contributed by atoms with Gasteiger partial charge in [-0.2, -0.15) is 0 Å². The van der Waals surface area contributed by atoms with E-state index in [1.54, 1.807) is 0 Å². The molecule has 0 saturated carbocycles. The average Bonchev–Trinajstić information content (AvgIpc) is 2.72. The summed E-state index contributed by atoms with van der Waals surface area (Å²) in [4.78, 5) is 26.0. The Bertz CT molecular complexity index is 1060. The number of hydrogen-bond acceptors (Lipinski definition) is 3. The second-order valence-corrected chi connectivity index (χ2v) is 8.78. The number of carbonyl (C=O) groups excluding carboxylic acids is 2. The van der Waals surface area contributed by atoms with E-state index in [-0.39, 0.29) is 17.1 Å². The van der Waals surface area contributed by atoms with E-state index in [4.69, 9.17) is 0 Å². The Balaban J connectivity index is 1.59. The summed E-state index contributed by atoms with van der Waals surface area (Å²) in [7, 11) is 0. The fourth-order valence-corrected chi connectivity index (χ4v) is 3.87. The largest absolute Gasteiger partial charge is 0.325 e. The zero-order valence-electron chi connectivity index (χ0n) is 17.7. The predicted octanol–water partition coefficient (Wildman–Crippen LogP) is 5.98. The van der Waals surface area contributed by atoms with Crippen molar-refractivity contribution in [1.29, 1.82) is 0 Å². The van der Waals surface area contributed by atoms with Gasteiger partial charge in [0, 0.05) is 21.8 Å². The molecule has 0 radical (unpaired) electrons. The van der Waals surface area contributed by atoms with Gasteiger partial charge in [0.15, 0.2) is 0 Å². The third-order valence-electron chi connectivity index (χ3n) is 4.83. The van der Waals surface area contributed by atoms with Crippen LogP contribution in [-0.2, 0) is 4.79 Å². The summed E-state index contributed by atoms with van der Waals surface area (Å²) in [6.45, 7) is 7.79. The lowest BCUT2D eigenvalue weighted by Gasteiger charge is -2.14. The van der Waals surface area contributed by atoms with Crippen molar-refractivity contribution in [2.45, 2.75) is 37.8 Å². The monoisotopic (exact) mass is 418 g/mol. The first kappa shape index (κ1) is 21.7. The van der Waals surface area contributed by atoms with Crippen LogP contribution in [0.25, 0.3) is 0 Å². The molecule has 0 heterocycles. The molecular weight excluding hydrogens is 392 g/mol. The third-order valence-corrected chi connectivity index (χ3v) is 5.95. The van der Waals surface area contributed by atoms with Gasteiger partial charge in [-0.1, -0.05) is 30.3 Å². The lowest BCUT2D eigenvalue weighted by atomic mass is 10.1. The number of thioether (sulfide) groups is 1. The van der Waals surface area contributed by atoms with Gasteiger partial charge in [0.1, 0.15) is 0 Å². The summed E-state index contributed by atoms with van der Waals surface area (Å²) in [6, 6.07) is 21.1. The molecule has 5 heteroatoms. The number of benzene rings is 3. The number of amides is 2. The second kappa shape index (κ2) is 9.63. The molecular formula is C25H26N2O2S. The van der Waals surface area contributed by atoms with Crippen LogP contribution in [0.3, 0.4) is 0 Å². The molecule has 0 saturated heterocycles. The molecule has 3 aromatic carbocycles. The van der Waals surface area contributed by atoms with Crippen molar-refractivity contribution in [3.63, 3.8) is 0 Å². The highest BCUT2D eigenvalue weighted by Gasteiger charge is 2.16. The van der Waals surface area contributed by atoms with E-state index in [1.165, 1.54) is 11.8 Å². The van der Waals surface area contributed by atoms with Crippen LogP contribution < -0.4 is 10.6 Å². The molecule has 3 aromatic rings. The first-order chi connectivity index (χ1) is 14.3. The van der Waals surface area contributed by atoms with Crippen molar-refractivity contribution in [2.75, 3.05) is 10.6 Å². The fourth-order valence-electron chi connectivity index (χ4n) is 3.01. The summed E-state index contributed by atoms with van der Waals surface area (Å²) in [5.74, 6) is -0.166. The molecule has 0 bridgehead atoms. The van der Waals surface area contributed by atoms with Crippen molar-refractivity contribution < 1.29 is 9.59 Å². The molecule has 0 aromatic heterocycles. The van der Waals surface area contributed by atoms with Crippen LogP contribution in [0.1, 0.15) is 34.0 Å². The maximum atomic E-state index is 12.6. The highest BCUT2D eigenvalue weighted by atomic mass is 32.2. The van der Waals surface area contributed by atoms with Crippen LogP contribution in [-0.4, -0.2) is 17.1 Å². The molecule has 0 fully saturated rings. The van der Waals surface area contributed by atoms with Crippen LogP contribution in [0.5, 0.6) is 0 Å². The van der Waals surface area contributed by atoms with Gasteiger partial charge >= 0.3 is 0 Å². The average molecular weight is 419 g/mol. The van der Waals surface area contributed by atoms with Gasteiger partial charge in [-0.15, -0.1) is 11.8 Å². The Morgan fingerprint density at radius 3 is 2.23 bits per heavy atom. The van der Waals surface area contributed by atoms with Crippen LogP contribution in [0, 0.1) is 20.8 Å². The van der Waals surface area contributed by atoms with E-state index in [2.05, 4.69) is 10.6 Å². The Morgan fingerprint density at radius 1 is 0.833 bits per heavy atom. The first-order valence-electron chi connectivity index (χ1n) is 9.85.